The Morgan fingerprint density at radius 1 is 0.667 bits per heavy atom. The van der Waals surface area contributed by atoms with E-state index in [1.165, 1.54) is 0 Å². The molecule has 60 heavy (non-hydrogen) atoms. The standard InChI is InChI=1S/C43H54N8O9/c1-23-24(2)60-48-33(23)51(31-9-7-19-49(31)42(34(44)52,36(54)58-38(46)56)40(3,4)29-21-25-11-15-27(29)16-12-25)32-10-8-20-50(32)43(35(45)53,37(55)59-39(47)57)41(5,6)30-22-26-13-17-28(30)18-14-26/h11-18,29-32H,7-10,19-22H2,1-6H3,(H2,44,52)(H2,45,53)(H2,46,56)(H2,47,57)/t29?,30?,31?,32?,42-,43-/m0/s1. The molecule has 0 radical (unpaired) electrons. The number of carbonyl (C=O) groups excluding carboxylic acids is 6. The molecule has 4 bridgehead atoms. The van der Waals surface area contributed by atoms with Gasteiger partial charge in [-0.2, -0.15) is 0 Å². The topological polar surface area (TPSA) is 261 Å². The molecule has 3 aromatic rings. The van der Waals surface area contributed by atoms with Gasteiger partial charge in [0.1, 0.15) is 5.76 Å². The normalized spacial score (nSPS) is 23.4. The quantitative estimate of drug-likeness (QED) is 0.143. The van der Waals surface area contributed by atoms with E-state index in [9.17, 15) is 28.8 Å². The first kappa shape index (κ1) is 42.3. The lowest BCUT2D eigenvalue weighted by atomic mass is 9.58. The van der Waals surface area contributed by atoms with E-state index in [1.807, 2.05) is 53.4 Å². The van der Waals surface area contributed by atoms with Crippen molar-refractivity contribution >= 4 is 41.8 Å². The third kappa shape index (κ3) is 6.14. The minimum absolute atomic E-state index is 0.113. The van der Waals surface area contributed by atoms with Crippen molar-refractivity contribution in [3.8, 4) is 0 Å². The molecule has 2 saturated heterocycles. The number of aryl methyl sites for hydroxylation is 1. The van der Waals surface area contributed by atoms with Crippen LogP contribution in [0.3, 0.4) is 0 Å². The molecule has 0 saturated carbocycles. The van der Waals surface area contributed by atoms with Gasteiger partial charge in [-0.25, -0.2) is 19.2 Å². The number of nitrogens with zero attached hydrogens (tertiary/aromatic N) is 4. The van der Waals surface area contributed by atoms with Gasteiger partial charge >= 0.3 is 24.1 Å². The van der Waals surface area contributed by atoms with Crippen LogP contribution in [0.15, 0.2) is 53.1 Å². The van der Waals surface area contributed by atoms with Crippen molar-refractivity contribution in [2.24, 2.45) is 33.8 Å². The summed E-state index contributed by atoms with van der Waals surface area (Å²) in [6.07, 6.45) is -2.33. The number of esters is 2. The van der Waals surface area contributed by atoms with E-state index >= 15 is 0 Å². The Hall–Kier alpha value is -5.81. The molecule has 17 nitrogen and oxygen atoms in total. The van der Waals surface area contributed by atoms with Gasteiger partial charge in [0.25, 0.3) is 0 Å². The molecule has 0 spiro atoms. The van der Waals surface area contributed by atoms with Gasteiger partial charge < -0.3 is 41.8 Å². The van der Waals surface area contributed by atoms with Crippen LogP contribution in [-0.2, 0) is 41.5 Å². The fraction of sp³-hybridized carbons (Fsp3) is 0.512. The molecule has 4 amide bonds. The summed E-state index contributed by atoms with van der Waals surface area (Å²) in [5.74, 6) is -4.75. The van der Waals surface area contributed by atoms with Crippen molar-refractivity contribution < 1.29 is 42.8 Å². The zero-order valence-corrected chi connectivity index (χ0v) is 34.9. The van der Waals surface area contributed by atoms with Gasteiger partial charge in [-0.3, -0.25) is 19.4 Å². The minimum atomic E-state index is -2.34. The minimum Gasteiger partial charge on any atom is -0.375 e. The van der Waals surface area contributed by atoms with E-state index in [1.54, 1.807) is 51.3 Å². The van der Waals surface area contributed by atoms with Crippen molar-refractivity contribution in [1.82, 2.24) is 15.0 Å². The number of aromatic nitrogens is 1. The smallest absolute Gasteiger partial charge is 0.375 e. The Kier molecular flexibility index (Phi) is 10.6. The third-order valence-corrected chi connectivity index (χ3v) is 14.3. The van der Waals surface area contributed by atoms with Gasteiger partial charge in [0.2, 0.25) is 22.9 Å². The van der Waals surface area contributed by atoms with Crippen molar-refractivity contribution in [3.05, 3.63) is 82.1 Å². The molecule has 3 heterocycles. The van der Waals surface area contributed by atoms with Gasteiger partial charge in [0, 0.05) is 29.5 Å². The fourth-order valence-electron chi connectivity index (χ4n) is 11.3. The zero-order chi connectivity index (χ0) is 43.7. The molecule has 2 aromatic carbocycles. The highest BCUT2D eigenvalue weighted by Crippen LogP contribution is 2.56. The summed E-state index contributed by atoms with van der Waals surface area (Å²) >= 11 is 0. The van der Waals surface area contributed by atoms with Gasteiger partial charge in [-0.05, 0) is 86.5 Å². The maximum atomic E-state index is 14.8. The average molecular weight is 827 g/mol. The van der Waals surface area contributed by atoms with E-state index in [4.69, 9.17) is 36.9 Å². The maximum absolute atomic E-state index is 14.8. The number of rotatable bonds is 13. The van der Waals surface area contributed by atoms with Gasteiger partial charge in [-0.1, -0.05) is 81.4 Å². The van der Waals surface area contributed by atoms with E-state index in [0.717, 1.165) is 22.3 Å². The van der Waals surface area contributed by atoms with Crippen LogP contribution in [0.1, 0.15) is 98.8 Å². The van der Waals surface area contributed by atoms with Crippen LogP contribution >= 0.6 is 0 Å². The summed E-state index contributed by atoms with van der Waals surface area (Å²) in [5, 5.41) is 4.51. The summed E-state index contributed by atoms with van der Waals surface area (Å²) in [5.41, 5.74) is 20.8. The number of amides is 4. The SMILES string of the molecule is Cc1onc(N(C2CCCN2[C@@](C(N)=O)(C(=O)OC(N)=O)C(C)(C)C2Cc3ccc2cc3)C2CCCN2[C@@](C(N)=O)(C(=O)OC(N)=O)C(C)(C)C2Cc3ccc2cc3)c1C. The zero-order valence-electron chi connectivity index (χ0n) is 34.9. The number of benzene rings is 2. The van der Waals surface area contributed by atoms with Crippen LogP contribution in [0.5, 0.6) is 0 Å². The summed E-state index contributed by atoms with van der Waals surface area (Å²) in [6.45, 7) is 10.8. The largest absolute Gasteiger partial charge is 0.412 e. The van der Waals surface area contributed by atoms with Crippen LogP contribution in [0.25, 0.3) is 0 Å². The van der Waals surface area contributed by atoms with Crippen molar-refractivity contribution in [3.63, 3.8) is 0 Å². The number of ether oxygens (including phenoxy) is 2. The van der Waals surface area contributed by atoms with E-state index in [2.05, 4.69) is 5.16 Å². The fourth-order valence-corrected chi connectivity index (χ4v) is 11.3. The first-order chi connectivity index (χ1) is 28.2. The molecule has 320 valence electrons. The number of nitrogens with two attached hydrogens (primary N) is 4. The molecule has 2 fully saturated rings. The summed E-state index contributed by atoms with van der Waals surface area (Å²) in [7, 11) is 0. The lowest BCUT2D eigenvalue weighted by molar-refractivity contribution is -0.172. The Labute approximate surface area is 348 Å². The lowest BCUT2D eigenvalue weighted by Gasteiger charge is -2.57. The summed E-state index contributed by atoms with van der Waals surface area (Å²) in [6, 6.07) is 15.6. The van der Waals surface area contributed by atoms with Crippen molar-refractivity contribution in [2.75, 3.05) is 18.0 Å². The molecule has 6 aliphatic rings. The predicted molar refractivity (Wildman–Crippen MR) is 216 cm³/mol. The molecule has 1 aromatic heterocycles. The van der Waals surface area contributed by atoms with Gasteiger partial charge in [0.15, 0.2) is 5.82 Å². The second-order valence-corrected chi connectivity index (χ2v) is 17.7. The molecule has 9 rings (SSSR count). The van der Waals surface area contributed by atoms with E-state index in [-0.39, 0.29) is 13.1 Å². The molecule has 4 aliphatic carbocycles. The number of hydrogen-bond donors (Lipinski definition) is 4. The molecule has 6 atom stereocenters. The number of carbonyl (C=O) groups is 6. The predicted octanol–water partition coefficient (Wildman–Crippen LogP) is 3.37. The maximum Gasteiger partial charge on any atom is 0.412 e. The highest BCUT2D eigenvalue weighted by atomic mass is 16.6. The number of likely N-dealkylation sites (tertiary alicyclic amines) is 2. The Bertz CT molecular complexity index is 2100. The first-order valence-corrected chi connectivity index (χ1v) is 20.3. The lowest BCUT2D eigenvalue weighted by Crippen LogP contribution is -2.77. The number of primary amides is 4. The first-order valence-electron chi connectivity index (χ1n) is 20.3. The van der Waals surface area contributed by atoms with Crippen molar-refractivity contribution in [1.29, 1.82) is 0 Å². The van der Waals surface area contributed by atoms with Crippen LogP contribution in [0.2, 0.25) is 0 Å². The highest BCUT2D eigenvalue weighted by Gasteiger charge is 2.70. The van der Waals surface area contributed by atoms with E-state index < -0.39 is 82.0 Å². The van der Waals surface area contributed by atoms with Gasteiger partial charge in [0.05, 0.1) is 12.3 Å². The van der Waals surface area contributed by atoms with Gasteiger partial charge in [-0.15, -0.1) is 0 Å². The Balaban J connectivity index is 1.45. The molecule has 4 unspecified atom stereocenters. The molecular formula is C43H54N8O9. The number of fused-ring (bicyclic) bond motifs is 6. The second-order valence-electron chi connectivity index (χ2n) is 17.7. The average Bonchev–Trinajstić information content (AvgIpc) is 3.94. The monoisotopic (exact) mass is 826 g/mol. The Morgan fingerprint density at radius 3 is 1.33 bits per heavy atom. The molecular weight excluding hydrogens is 773 g/mol. The molecule has 17 heteroatoms. The highest BCUT2D eigenvalue weighted by molar-refractivity contribution is 6.11. The molecule has 8 N–H and O–H groups in total. The van der Waals surface area contributed by atoms with Crippen LogP contribution in [-0.4, -0.2) is 87.4 Å². The Morgan fingerprint density at radius 2 is 1.05 bits per heavy atom. The van der Waals surface area contributed by atoms with E-state index in [0.29, 0.717) is 55.7 Å². The second kappa shape index (κ2) is 15.0. The van der Waals surface area contributed by atoms with Crippen LogP contribution < -0.4 is 27.8 Å². The summed E-state index contributed by atoms with van der Waals surface area (Å²) in [4.78, 5) is 88.7. The number of anilines is 1. The van der Waals surface area contributed by atoms with Crippen molar-refractivity contribution in [2.45, 2.75) is 115 Å². The number of hydrogen-bond acceptors (Lipinski definition) is 13. The summed E-state index contributed by atoms with van der Waals surface area (Å²) < 4.78 is 16.2. The van der Waals surface area contributed by atoms with Crippen LogP contribution in [0.4, 0.5) is 15.4 Å². The third-order valence-electron chi connectivity index (χ3n) is 14.3. The van der Waals surface area contributed by atoms with Crippen LogP contribution in [0, 0.1) is 24.7 Å². The molecule has 2 aliphatic heterocycles.